The summed E-state index contributed by atoms with van der Waals surface area (Å²) in [6, 6.07) is 9.75. The lowest BCUT2D eigenvalue weighted by Crippen LogP contribution is -2.45. The fraction of sp³-hybridized carbons (Fsp3) is 0.353. The maximum absolute atomic E-state index is 11.1. The predicted octanol–water partition coefficient (Wildman–Crippen LogP) is 2.44. The van der Waals surface area contributed by atoms with Gasteiger partial charge in [-0.15, -0.1) is 0 Å². The molecule has 0 bridgehead atoms. The van der Waals surface area contributed by atoms with E-state index in [4.69, 9.17) is 0 Å². The van der Waals surface area contributed by atoms with Gasteiger partial charge in [0.25, 0.3) is 5.69 Å². The summed E-state index contributed by atoms with van der Waals surface area (Å²) in [6.07, 6.45) is 3.66. The number of aromatic nitrogens is 1. The molecule has 1 unspecified atom stereocenters. The first-order valence-electron chi connectivity index (χ1n) is 7.74. The van der Waals surface area contributed by atoms with E-state index in [1.165, 1.54) is 5.56 Å². The van der Waals surface area contributed by atoms with Gasteiger partial charge in [-0.2, -0.15) is 0 Å². The zero-order chi connectivity index (χ0) is 16.2. The molecule has 2 aromatic rings. The van der Waals surface area contributed by atoms with Crippen LogP contribution in [0.2, 0.25) is 0 Å². The fourth-order valence-electron chi connectivity index (χ4n) is 3.02. The molecule has 0 aliphatic carbocycles. The molecule has 0 spiro atoms. The molecule has 1 aromatic heterocycles. The molecular formula is C17H20N4O2. The average molecular weight is 312 g/mol. The second-order valence-electron chi connectivity index (χ2n) is 5.85. The Balaban J connectivity index is 1.82. The molecule has 6 nitrogen and oxygen atoms in total. The van der Waals surface area contributed by atoms with Crippen LogP contribution in [0.25, 0.3) is 0 Å². The highest BCUT2D eigenvalue weighted by atomic mass is 16.6. The molecule has 23 heavy (non-hydrogen) atoms. The van der Waals surface area contributed by atoms with E-state index in [0.29, 0.717) is 12.1 Å². The lowest BCUT2D eigenvalue weighted by atomic mass is 10.0. The average Bonchev–Trinajstić information content (AvgIpc) is 2.57. The normalized spacial score (nSPS) is 18.7. The minimum Gasteiger partial charge on any atom is -0.314 e. The Labute approximate surface area is 135 Å². The molecule has 0 saturated carbocycles. The van der Waals surface area contributed by atoms with Crippen molar-refractivity contribution in [3.8, 4) is 0 Å². The highest BCUT2D eigenvalue weighted by Crippen LogP contribution is 2.26. The molecule has 0 amide bonds. The number of nitro groups is 1. The summed E-state index contributed by atoms with van der Waals surface area (Å²) >= 11 is 0. The summed E-state index contributed by atoms with van der Waals surface area (Å²) in [5, 5.41) is 14.5. The van der Waals surface area contributed by atoms with E-state index >= 15 is 0 Å². The van der Waals surface area contributed by atoms with Crippen molar-refractivity contribution in [1.29, 1.82) is 0 Å². The maximum Gasteiger partial charge on any atom is 0.272 e. The van der Waals surface area contributed by atoms with Crippen molar-refractivity contribution in [1.82, 2.24) is 15.2 Å². The number of aryl methyl sites for hydroxylation is 1. The Morgan fingerprint density at radius 1 is 1.43 bits per heavy atom. The molecule has 1 atom stereocenters. The van der Waals surface area contributed by atoms with Gasteiger partial charge in [0.15, 0.2) is 0 Å². The smallest absolute Gasteiger partial charge is 0.272 e. The van der Waals surface area contributed by atoms with Crippen molar-refractivity contribution >= 4 is 5.69 Å². The SMILES string of the molecule is Cc1ccc(CN2CCNCC2c2cccnc2)cc1[N+](=O)[O-]. The third-order valence-corrected chi connectivity index (χ3v) is 4.28. The lowest BCUT2D eigenvalue weighted by Gasteiger charge is -2.36. The zero-order valence-corrected chi connectivity index (χ0v) is 13.1. The minimum absolute atomic E-state index is 0.190. The Hall–Kier alpha value is -2.31. The Morgan fingerprint density at radius 2 is 2.30 bits per heavy atom. The standard InChI is InChI=1S/C17H20N4O2/c1-13-4-5-14(9-16(13)21(22)23)12-20-8-7-19-11-17(20)15-3-2-6-18-10-15/h2-6,9-10,17,19H,7-8,11-12H2,1H3. The van der Waals surface area contributed by atoms with E-state index in [1.807, 2.05) is 24.4 Å². The third kappa shape index (κ3) is 3.55. The van der Waals surface area contributed by atoms with Crippen LogP contribution in [-0.2, 0) is 6.54 Å². The van der Waals surface area contributed by atoms with E-state index < -0.39 is 0 Å². The molecule has 6 heteroatoms. The number of nitrogens with one attached hydrogen (secondary N) is 1. The molecule has 2 heterocycles. The Morgan fingerprint density at radius 3 is 3.04 bits per heavy atom. The number of rotatable bonds is 4. The van der Waals surface area contributed by atoms with Gasteiger partial charge in [0.2, 0.25) is 0 Å². The van der Waals surface area contributed by atoms with Crippen molar-refractivity contribution in [2.45, 2.75) is 19.5 Å². The number of nitrogens with zero attached hydrogens (tertiary/aromatic N) is 3. The van der Waals surface area contributed by atoms with E-state index in [0.717, 1.165) is 25.2 Å². The number of nitro benzene ring substituents is 1. The molecule has 1 aliphatic rings. The van der Waals surface area contributed by atoms with Gasteiger partial charge >= 0.3 is 0 Å². The molecule has 1 saturated heterocycles. The van der Waals surface area contributed by atoms with Crippen LogP contribution in [0.3, 0.4) is 0 Å². The van der Waals surface area contributed by atoms with Crippen LogP contribution in [0.5, 0.6) is 0 Å². The molecular weight excluding hydrogens is 292 g/mol. The van der Waals surface area contributed by atoms with Gasteiger partial charge in [0, 0.05) is 56.2 Å². The summed E-state index contributed by atoms with van der Waals surface area (Å²) in [6.45, 7) is 5.15. The van der Waals surface area contributed by atoms with Crippen LogP contribution < -0.4 is 5.32 Å². The van der Waals surface area contributed by atoms with E-state index in [2.05, 4.69) is 21.3 Å². The third-order valence-electron chi connectivity index (χ3n) is 4.28. The maximum atomic E-state index is 11.1. The van der Waals surface area contributed by atoms with Crippen LogP contribution in [0.4, 0.5) is 5.69 Å². The molecule has 0 radical (unpaired) electrons. The number of hydrogen-bond donors (Lipinski definition) is 1. The van der Waals surface area contributed by atoms with Crippen LogP contribution in [0.1, 0.15) is 22.7 Å². The molecule has 1 N–H and O–H groups in total. The van der Waals surface area contributed by atoms with Gasteiger partial charge in [0.1, 0.15) is 0 Å². The largest absolute Gasteiger partial charge is 0.314 e. The first-order valence-corrected chi connectivity index (χ1v) is 7.74. The van der Waals surface area contributed by atoms with E-state index in [-0.39, 0.29) is 16.7 Å². The second-order valence-corrected chi connectivity index (χ2v) is 5.85. The van der Waals surface area contributed by atoms with Crippen LogP contribution in [0.15, 0.2) is 42.7 Å². The van der Waals surface area contributed by atoms with Crippen molar-refractivity contribution in [2.75, 3.05) is 19.6 Å². The van der Waals surface area contributed by atoms with Crippen LogP contribution in [0, 0.1) is 17.0 Å². The molecule has 1 aromatic carbocycles. The molecule has 120 valence electrons. The van der Waals surface area contributed by atoms with Gasteiger partial charge in [-0.3, -0.25) is 20.0 Å². The number of piperazine rings is 1. The minimum atomic E-state index is -0.310. The molecule has 1 aliphatic heterocycles. The van der Waals surface area contributed by atoms with E-state index in [1.54, 1.807) is 19.2 Å². The van der Waals surface area contributed by atoms with Gasteiger partial charge < -0.3 is 5.32 Å². The highest BCUT2D eigenvalue weighted by Gasteiger charge is 2.24. The van der Waals surface area contributed by atoms with Crippen LogP contribution in [-0.4, -0.2) is 34.4 Å². The van der Waals surface area contributed by atoms with Crippen molar-refractivity contribution in [3.63, 3.8) is 0 Å². The lowest BCUT2D eigenvalue weighted by molar-refractivity contribution is -0.385. The summed E-state index contributed by atoms with van der Waals surface area (Å²) in [4.78, 5) is 17.4. The van der Waals surface area contributed by atoms with Gasteiger partial charge in [-0.05, 0) is 24.1 Å². The molecule has 1 fully saturated rings. The Bertz CT molecular complexity index is 690. The fourth-order valence-corrected chi connectivity index (χ4v) is 3.02. The number of benzene rings is 1. The topological polar surface area (TPSA) is 71.3 Å². The zero-order valence-electron chi connectivity index (χ0n) is 13.1. The van der Waals surface area contributed by atoms with Gasteiger partial charge in [-0.25, -0.2) is 0 Å². The second kappa shape index (κ2) is 6.85. The first kappa shape index (κ1) is 15.6. The van der Waals surface area contributed by atoms with Crippen molar-refractivity contribution in [3.05, 3.63) is 69.5 Å². The Kier molecular flexibility index (Phi) is 4.64. The number of pyridine rings is 1. The van der Waals surface area contributed by atoms with E-state index in [9.17, 15) is 10.1 Å². The van der Waals surface area contributed by atoms with Crippen LogP contribution >= 0.6 is 0 Å². The van der Waals surface area contributed by atoms with Crippen molar-refractivity contribution in [2.24, 2.45) is 0 Å². The summed E-state index contributed by atoms with van der Waals surface area (Å²) < 4.78 is 0. The monoisotopic (exact) mass is 312 g/mol. The summed E-state index contributed by atoms with van der Waals surface area (Å²) in [5.41, 5.74) is 3.03. The first-order chi connectivity index (χ1) is 11.1. The van der Waals surface area contributed by atoms with Gasteiger partial charge in [-0.1, -0.05) is 18.2 Å². The predicted molar refractivity (Wildman–Crippen MR) is 88.1 cm³/mol. The van der Waals surface area contributed by atoms with Gasteiger partial charge in [0.05, 0.1) is 4.92 Å². The quantitative estimate of drug-likeness (QED) is 0.693. The highest BCUT2D eigenvalue weighted by molar-refractivity contribution is 5.42. The van der Waals surface area contributed by atoms with Crippen molar-refractivity contribution < 1.29 is 4.92 Å². The number of hydrogen-bond acceptors (Lipinski definition) is 5. The summed E-state index contributed by atoms with van der Waals surface area (Å²) in [5.74, 6) is 0. The molecule has 3 rings (SSSR count). The summed E-state index contributed by atoms with van der Waals surface area (Å²) in [7, 11) is 0.